The Balaban J connectivity index is 2.33. The van der Waals surface area contributed by atoms with Crippen LogP contribution >= 0.6 is 0 Å². The quantitative estimate of drug-likeness (QED) is 0.552. The summed E-state index contributed by atoms with van der Waals surface area (Å²) in [6.07, 6.45) is 0.908. The summed E-state index contributed by atoms with van der Waals surface area (Å²) in [5.41, 5.74) is 1.94. The summed E-state index contributed by atoms with van der Waals surface area (Å²) in [6, 6.07) is 9.00. The Morgan fingerprint density at radius 3 is 2.32 bits per heavy atom. The van der Waals surface area contributed by atoms with Crippen molar-refractivity contribution in [2.75, 3.05) is 7.11 Å². The molecular weight excluding hydrogens is 320 g/mol. The molecule has 0 saturated carbocycles. The van der Waals surface area contributed by atoms with Gasteiger partial charge >= 0.3 is 0 Å². The van der Waals surface area contributed by atoms with Crippen molar-refractivity contribution in [2.45, 2.75) is 26.4 Å². The molecule has 0 bridgehead atoms. The number of phenols is 2. The maximum Gasteiger partial charge on any atom is 0.199 e. The van der Waals surface area contributed by atoms with Crippen LogP contribution in [0.1, 0.15) is 41.4 Å². The Labute approximate surface area is 146 Å². The zero-order chi connectivity index (χ0) is 18.6. The van der Waals surface area contributed by atoms with E-state index in [1.807, 2.05) is 19.9 Å². The van der Waals surface area contributed by atoms with E-state index in [2.05, 4.69) is 0 Å². The third kappa shape index (κ3) is 4.39. The maximum atomic E-state index is 12.6. The van der Waals surface area contributed by atoms with Gasteiger partial charge in [-0.25, -0.2) is 0 Å². The van der Waals surface area contributed by atoms with Gasteiger partial charge in [0.15, 0.2) is 5.78 Å². The van der Waals surface area contributed by atoms with E-state index < -0.39 is 11.9 Å². The number of phenolic OH excluding ortho intramolecular Hbond substituents is 2. The molecule has 2 aromatic rings. The number of aliphatic hydroxyl groups excluding tert-OH is 1. The number of rotatable bonds is 6. The molecule has 2 rings (SSSR count). The Kier molecular flexibility index (Phi) is 5.83. The predicted molar refractivity (Wildman–Crippen MR) is 95.2 cm³/mol. The summed E-state index contributed by atoms with van der Waals surface area (Å²) in [5, 5.41) is 30.3. The lowest BCUT2D eigenvalue weighted by molar-refractivity contribution is 0.0744. The fourth-order valence-electron chi connectivity index (χ4n) is 2.38. The van der Waals surface area contributed by atoms with Crippen LogP contribution in [-0.2, 0) is 6.42 Å². The van der Waals surface area contributed by atoms with Crippen molar-refractivity contribution >= 4 is 5.78 Å². The van der Waals surface area contributed by atoms with Gasteiger partial charge in [-0.3, -0.25) is 4.79 Å². The average Bonchev–Trinajstić information content (AvgIpc) is 2.59. The minimum atomic E-state index is -1.42. The van der Waals surface area contributed by atoms with Crippen LogP contribution in [0.5, 0.6) is 17.2 Å². The van der Waals surface area contributed by atoms with Crippen molar-refractivity contribution in [2.24, 2.45) is 0 Å². The molecule has 0 spiro atoms. The zero-order valence-electron chi connectivity index (χ0n) is 14.5. The van der Waals surface area contributed by atoms with Crippen LogP contribution in [0.25, 0.3) is 0 Å². The van der Waals surface area contributed by atoms with Gasteiger partial charge < -0.3 is 20.1 Å². The first-order valence-corrected chi connectivity index (χ1v) is 7.88. The number of Topliss-reactive ketones (excluding diaryl/α,β-unsaturated/α-hetero) is 1. The first-order chi connectivity index (χ1) is 11.8. The van der Waals surface area contributed by atoms with Crippen LogP contribution < -0.4 is 4.74 Å². The molecule has 3 N–H and O–H groups in total. The highest BCUT2D eigenvalue weighted by Gasteiger charge is 2.23. The summed E-state index contributed by atoms with van der Waals surface area (Å²) >= 11 is 0. The molecule has 25 heavy (non-hydrogen) atoms. The van der Waals surface area contributed by atoms with Crippen molar-refractivity contribution in [3.63, 3.8) is 0 Å². The normalized spacial score (nSPS) is 11.7. The maximum absolute atomic E-state index is 12.6. The summed E-state index contributed by atoms with van der Waals surface area (Å²) in [4.78, 5) is 12.6. The van der Waals surface area contributed by atoms with E-state index >= 15 is 0 Å². The molecular formula is C20H22O5. The molecule has 0 fully saturated rings. The highest BCUT2D eigenvalue weighted by Crippen LogP contribution is 2.31. The van der Waals surface area contributed by atoms with Crippen LogP contribution in [0.3, 0.4) is 0 Å². The Morgan fingerprint density at radius 1 is 1.12 bits per heavy atom. The molecule has 0 saturated heterocycles. The number of carbonyl (C=O) groups excluding carboxylic acids is 1. The van der Waals surface area contributed by atoms with E-state index in [0.29, 0.717) is 23.3 Å². The number of aromatic hydroxyl groups is 2. The largest absolute Gasteiger partial charge is 0.508 e. The smallest absolute Gasteiger partial charge is 0.199 e. The van der Waals surface area contributed by atoms with Gasteiger partial charge in [0.2, 0.25) is 0 Å². The van der Waals surface area contributed by atoms with E-state index in [9.17, 15) is 20.1 Å². The second-order valence-electron chi connectivity index (χ2n) is 6.02. The van der Waals surface area contributed by atoms with Gasteiger partial charge in [0, 0.05) is 6.07 Å². The lowest BCUT2D eigenvalue weighted by Crippen LogP contribution is -2.13. The van der Waals surface area contributed by atoms with Crippen LogP contribution in [0.4, 0.5) is 0 Å². The first-order valence-electron chi connectivity index (χ1n) is 7.88. The lowest BCUT2D eigenvalue weighted by Gasteiger charge is -2.13. The third-order valence-corrected chi connectivity index (χ3v) is 3.87. The second kappa shape index (κ2) is 7.85. The van der Waals surface area contributed by atoms with Crippen molar-refractivity contribution in [1.29, 1.82) is 0 Å². The summed E-state index contributed by atoms with van der Waals surface area (Å²) in [5.74, 6) is -0.484. The van der Waals surface area contributed by atoms with Gasteiger partial charge in [-0.15, -0.1) is 0 Å². The SMILES string of the molecule is COc1ccc(C(O)C(=O)c2cc(CC=C(C)C)c(O)cc2O)cc1. The standard InChI is InChI=1S/C20H22O5/c1-12(2)4-5-14-10-16(18(22)11-17(14)21)20(24)19(23)13-6-8-15(25-3)9-7-13/h4,6-11,19,21-23H,5H2,1-3H3. The zero-order valence-corrected chi connectivity index (χ0v) is 14.5. The fourth-order valence-corrected chi connectivity index (χ4v) is 2.38. The molecule has 0 heterocycles. The number of allylic oxidation sites excluding steroid dienone is 2. The molecule has 5 nitrogen and oxygen atoms in total. The molecule has 0 amide bonds. The molecule has 0 aliphatic rings. The predicted octanol–water partition coefficient (Wildman–Crippen LogP) is 3.53. The van der Waals surface area contributed by atoms with Crippen molar-refractivity contribution in [1.82, 2.24) is 0 Å². The van der Waals surface area contributed by atoms with Crippen molar-refractivity contribution < 1.29 is 24.9 Å². The minimum Gasteiger partial charge on any atom is -0.508 e. The molecule has 2 aromatic carbocycles. The summed E-state index contributed by atoms with van der Waals surface area (Å²) < 4.78 is 5.05. The number of ether oxygens (including phenoxy) is 1. The summed E-state index contributed by atoms with van der Waals surface area (Å²) in [6.45, 7) is 3.86. The molecule has 0 aliphatic heterocycles. The van der Waals surface area contributed by atoms with Crippen LogP contribution in [0.2, 0.25) is 0 Å². The van der Waals surface area contributed by atoms with E-state index in [1.54, 1.807) is 24.3 Å². The topological polar surface area (TPSA) is 87.0 Å². The van der Waals surface area contributed by atoms with Crippen LogP contribution in [-0.4, -0.2) is 28.2 Å². The van der Waals surface area contributed by atoms with Crippen molar-refractivity contribution in [3.8, 4) is 17.2 Å². The van der Waals surface area contributed by atoms with Gasteiger partial charge in [-0.2, -0.15) is 0 Å². The van der Waals surface area contributed by atoms with Gasteiger partial charge in [0.25, 0.3) is 0 Å². The highest BCUT2D eigenvalue weighted by atomic mass is 16.5. The fraction of sp³-hybridized carbons (Fsp3) is 0.250. The third-order valence-electron chi connectivity index (χ3n) is 3.87. The molecule has 0 aromatic heterocycles. The van der Waals surface area contributed by atoms with Crippen LogP contribution in [0, 0.1) is 0 Å². The number of aliphatic hydroxyl groups is 1. The highest BCUT2D eigenvalue weighted by molar-refractivity contribution is 6.02. The second-order valence-corrected chi connectivity index (χ2v) is 6.02. The van der Waals surface area contributed by atoms with E-state index in [0.717, 1.165) is 11.6 Å². The minimum absolute atomic E-state index is 0.0294. The van der Waals surface area contributed by atoms with E-state index in [-0.39, 0.29) is 17.1 Å². The van der Waals surface area contributed by atoms with Gasteiger partial charge in [-0.1, -0.05) is 23.8 Å². The molecule has 0 radical (unpaired) electrons. The Hall–Kier alpha value is -2.79. The average molecular weight is 342 g/mol. The number of hydrogen-bond donors (Lipinski definition) is 3. The lowest BCUT2D eigenvalue weighted by atomic mass is 9.96. The van der Waals surface area contributed by atoms with Gasteiger partial charge in [-0.05, 0) is 49.6 Å². The van der Waals surface area contributed by atoms with E-state index in [1.165, 1.54) is 13.2 Å². The van der Waals surface area contributed by atoms with Crippen LogP contribution in [0.15, 0.2) is 48.0 Å². The molecule has 0 aliphatic carbocycles. The summed E-state index contributed by atoms with van der Waals surface area (Å²) in [7, 11) is 1.53. The molecule has 5 heteroatoms. The number of carbonyl (C=O) groups is 1. The van der Waals surface area contributed by atoms with Gasteiger partial charge in [0.05, 0.1) is 12.7 Å². The number of ketones is 1. The number of benzene rings is 2. The molecule has 1 atom stereocenters. The number of hydrogen-bond acceptors (Lipinski definition) is 5. The van der Waals surface area contributed by atoms with Gasteiger partial charge in [0.1, 0.15) is 23.4 Å². The first kappa shape index (κ1) is 18.5. The van der Waals surface area contributed by atoms with Crippen molar-refractivity contribution in [3.05, 3.63) is 64.7 Å². The monoisotopic (exact) mass is 342 g/mol. The Bertz CT molecular complexity index is 786. The molecule has 132 valence electrons. The van der Waals surface area contributed by atoms with E-state index in [4.69, 9.17) is 4.74 Å². The Morgan fingerprint density at radius 2 is 1.76 bits per heavy atom. The number of methoxy groups -OCH3 is 1. The molecule has 1 unspecified atom stereocenters.